The summed E-state index contributed by atoms with van der Waals surface area (Å²) in [6.45, 7) is 0.597. The van der Waals surface area contributed by atoms with E-state index >= 15 is 0 Å². The van der Waals surface area contributed by atoms with Crippen molar-refractivity contribution in [2.24, 2.45) is 0 Å². The van der Waals surface area contributed by atoms with E-state index in [0.717, 1.165) is 24.1 Å². The molecule has 1 N–H and O–H groups in total. The van der Waals surface area contributed by atoms with Crippen LogP contribution in [-0.4, -0.2) is 45.4 Å². The fraction of sp³-hybridized carbons (Fsp3) is 0.588. The molecule has 0 radical (unpaired) electrons. The molecule has 1 aromatic rings. The van der Waals surface area contributed by atoms with Crippen LogP contribution in [0.5, 0.6) is 0 Å². The Morgan fingerprint density at radius 2 is 1.92 bits per heavy atom. The van der Waals surface area contributed by atoms with Crippen molar-refractivity contribution in [3.05, 3.63) is 23.8 Å². The van der Waals surface area contributed by atoms with Gasteiger partial charge in [-0.05, 0) is 43.0 Å². The first kappa shape index (κ1) is 17.2. The third-order valence-corrected chi connectivity index (χ3v) is 6.71. The lowest BCUT2D eigenvalue weighted by atomic mass is 9.96. The van der Waals surface area contributed by atoms with E-state index in [1.54, 1.807) is 23.1 Å². The topological polar surface area (TPSA) is 69.7 Å². The molecule has 0 aromatic heterocycles. The fourth-order valence-corrected chi connectivity index (χ4v) is 4.41. The number of benzene rings is 1. The zero-order valence-corrected chi connectivity index (χ0v) is 15.1. The Labute approximate surface area is 143 Å². The molecule has 3 rings (SSSR count). The van der Waals surface area contributed by atoms with E-state index in [1.165, 1.54) is 37.7 Å². The Balaban J connectivity index is 1.76. The van der Waals surface area contributed by atoms with Crippen molar-refractivity contribution in [1.29, 1.82) is 0 Å². The highest BCUT2D eigenvalue weighted by Gasteiger charge is 2.28. The van der Waals surface area contributed by atoms with Crippen molar-refractivity contribution in [3.8, 4) is 0 Å². The number of urea groups is 1. The molecule has 1 heterocycles. The van der Waals surface area contributed by atoms with Gasteiger partial charge in [0.25, 0.3) is 0 Å². The summed E-state index contributed by atoms with van der Waals surface area (Å²) in [4.78, 5) is 14.6. The maximum absolute atomic E-state index is 12.6. The number of nitrogens with one attached hydrogen (secondary N) is 1. The summed E-state index contributed by atoms with van der Waals surface area (Å²) in [5, 5.41) is 3.13. The summed E-state index contributed by atoms with van der Waals surface area (Å²) in [7, 11) is -0.404. The predicted octanol–water partition coefficient (Wildman–Crippen LogP) is 2.34. The Morgan fingerprint density at radius 1 is 1.21 bits per heavy atom. The maximum atomic E-state index is 12.6. The van der Waals surface area contributed by atoms with Crippen LogP contribution >= 0.6 is 0 Å². The number of carbonyl (C=O) groups is 1. The molecular formula is C17H25N3O3S. The zero-order valence-electron chi connectivity index (χ0n) is 14.3. The first-order valence-corrected chi connectivity index (χ1v) is 9.97. The number of rotatable bonds is 3. The molecule has 0 bridgehead atoms. The summed E-state index contributed by atoms with van der Waals surface area (Å²) in [5.74, 6) is 0. The standard InChI is InChI=1S/C17H25N3O3S/c1-19(2)24(22,23)15-8-9-16-13(12-15)10-11-20(16)17(21)18-14-6-4-3-5-7-14/h8-9,12,14H,3-7,10-11H2,1-2H3,(H,18,21). The minimum absolute atomic E-state index is 0.0659. The highest BCUT2D eigenvalue weighted by Crippen LogP contribution is 2.31. The molecular weight excluding hydrogens is 326 g/mol. The molecule has 2 amide bonds. The zero-order chi connectivity index (χ0) is 17.3. The third kappa shape index (κ3) is 3.28. The van der Waals surface area contributed by atoms with Crippen LogP contribution in [0.2, 0.25) is 0 Å². The molecule has 6 nitrogen and oxygen atoms in total. The van der Waals surface area contributed by atoms with Crippen molar-refractivity contribution in [2.45, 2.75) is 49.5 Å². The molecule has 1 saturated carbocycles. The quantitative estimate of drug-likeness (QED) is 0.909. The Hall–Kier alpha value is -1.60. The van der Waals surface area contributed by atoms with Gasteiger partial charge in [-0.3, -0.25) is 4.90 Å². The highest BCUT2D eigenvalue weighted by molar-refractivity contribution is 7.89. The van der Waals surface area contributed by atoms with Crippen LogP contribution in [0.3, 0.4) is 0 Å². The lowest BCUT2D eigenvalue weighted by Crippen LogP contribution is -2.45. The monoisotopic (exact) mass is 351 g/mol. The van der Waals surface area contributed by atoms with Crippen molar-refractivity contribution < 1.29 is 13.2 Å². The normalized spacial score (nSPS) is 18.7. The minimum Gasteiger partial charge on any atom is -0.335 e. The summed E-state index contributed by atoms with van der Waals surface area (Å²) in [5.41, 5.74) is 1.73. The lowest BCUT2D eigenvalue weighted by Gasteiger charge is -2.26. The fourth-order valence-electron chi connectivity index (χ4n) is 3.46. The van der Waals surface area contributed by atoms with E-state index in [0.29, 0.717) is 13.0 Å². The summed E-state index contributed by atoms with van der Waals surface area (Å²) in [6.07, 6.45) is 6.38. The Morgan fingerprint density at radius 3 is 2.58 bits per heavy atom. The van der Waals surface area contributed by atoms with Crippen LogP contribution < -0.4 is 10.2 Å². The van der Waals surface area contributed by atoms with Gasteiger partial charge in [-0.25, -0.2) is 17.5 Å². The van der Waals surface area contributed by atoms with Crippen LogP contribution in [0.1, 0.15) is 37.7 Å². The van der Waals surface area contributed by atoms with Crippen molar-refractivity contribution in [3.63, 3.8) is 0 Å². The van der Waals surface area contributed by atoms with Gasteiger partial charge in [0.15, 0.2) is 0 Å². The molecule has 1 fully saturated rings. The van der Waals surface area contributed by atoms with Gasteiger partial charge in [-0.2, -0.15) is 0 Å². The molecule has 0 spiro atoms. The molecule has 1 aliphatic heterocycles. The van der Waals surface area contributed by atoms with Gasteiger partial charge < -0.3 is 5.32 Å². The third-order valence-electron chi connectivity index (χ3n) is 4.90. The van der Waals surface area contributed by atoms with Gasteiger partial charge in [0.2, 0.25) is 10.0 Å². The molecule has 1 aromatic carbocycles. The molecule has 132 valence electrons. The first-order chi connectivity index (χ1) is 11.4. The Kier molecular flexibility index (Phi) is 4.83. The van der Waals surface area contributed by atoms with Crippen LogP contribution in [0.4, 0.5) is 10.5 Å². The molecule has 1 aliphatic carbocycles. The van der Waals surface area contributed by atoms with E-state index in [1.807, 2.05) is 0 Å². The molecule has 0 unspecified atom stereocenters. The van der Waals surface area contributed by atoms with Crippen molar-refractivity contribution >= 4 is 21.7 Å². The van der Waals surface area contributed by atoms with E-state index < -0.39 is 10.0 Å². The van der Waals surface area contributed by atoms with E-state index in [2.05, 4.69) is 5.32 Å². The van der Waals surface area contributed by atoms with Crippen LogP contribution in [0.15, 0.2) is 23.1 Å². The molecule has 0 atom stereocenters. The van der Waals surface area contributed by atoms with Gasteiger partial charge in [0.1, 0.15) is 0 Å². The van der Waals surface area contributed by atoms with E-state index in [4.69, 9.17) is 0 Å². The number of nitrogens with zero attached hydrogens (tertiary/aromatic N) is 2. The number of hydrogen-bond donors (Lipinski definition) is 1. The van der Waals surface area contributed by atoms with Crippen molar-refractivity contribution in [1.82, 2.24) is 9.62 Å². The smallest absolute Gasteiger partial charge is 0.322 e. The first-order valence-electron chi connectivity index (χ1n) is 8.53. The molecule has 2 aliphatic rings. The number of hydrogen-bond acceptors (Lipinski definition) is 3. The largest absolute Gasteiger partial charge is 0.335 e. The number of anilines is 1. The molecule has 7 heteroatoms. The second kappa shape index (κ2) is 6.72. The van der Waals surface area contributed by atoms with Gasteiger partial charge in [0.05, 0.1) is 4.90 Å². The summed E-state index contributed by atoms with van der Waals surface area (Å²) in [6, 6.07) is 5.23. The second-order valence-corrected chi connectivity index (χ2v) is 8.92. The molecule has 24 heavy (non-hydrogen) atoms. The van der Waals surface area contributed by atoms with Gasteiger partial charge in [-0.1, -0.05) is 19.3 Å². The van der Waals surface area contributed by atoms with E-state index in [-0.39, 0.29) is 17.0 Å². The predicted molar refractivity (Wildman–Crippen MR) is 93.8 cm³/mol. The number of amides is 2. The van der Waals surface area contributed by atoms with Crippen LogP contribution in [0, 0.1) is 0 Å². The minimum atomic E-state index is -3.44. The summed E-state index contributed by atoms with van der Waals surface area (Å²) < 4.78 is 25.7. The highest BCUT2D eigenvalue weighted by atomic mass is 32.2. The maximum Gasteiger partial charge on any atom is 0.322 e. The van der Waals surface area contributed by atoms with Gasteiger partial charge in [-0.15, -0.1) is 0 Å². The van der Waals surface area contributed by atoms with Crippen molar-refractivity contribution in [2.75, 3.05) is 25.5 Å². The average Bonchev–Trinajstić information content (AvgIpc) is 2.98. The Bertz CT molecular complexity index is 725. The van der Waals surface area contributed by atoms with E-state index in [9.17, 15) is 13.2 Å². The summed E-state index contributed by atoms with van der Waals surface area (Å²) >= 11 is 0. The number of carbonyl (C=O) groups excluding carboxylic acids is 1. The van der Waals surface area contributed by atoms with Gasteiger partial charge in [0, 0.05) is 32.4 Å². The van der Waals surface area contributed by atoms with Gasteiger partial charge >= 0.3 is 6.03 Å². The average molecular weight is 351 g/mol. The number of sulfonamides is 1. The SMILES string of the molecule is CN(C)S(=O)(=O)c1ccc2c(c1)CCN2C(=O)NC1CCCCC1. The lowest BCUT2D eigenvalue weighted by molar-refractivity contribution is 0.238. The number of fused-ring (bicyclic) bond motifs is 1. The van der Waals surface area contributed by atoms with Crippen LogP contribution in [0.25, 0.3) is 0 Å². The van der Waals surface area contributed by atoms with Crippen LogP contribution in [-0.2, 0) is 16.4 Å². The second-order valence-electron chi connectivity index (χ2n) is 6.76. The molecule has 0 saturated heterocycles.